The largest absolute Gasteiger partial charge is 0.353 e. The topological polar surface area (TPSA) is 38.8 Å². The summed E-state index contributed by atoms with van der Waals surface area (Å²) >= 11 is 6.37. The van der Waals surface area contributed by atoms with E-state index in [9.17, 15) is 4.79 Å². The van der Waals surface area contributed by atoms with Crippen LogP contribution in [0.2, 0.25) is 0 Å². The number of nitrogens with zero attached hydrogens (tertiary/aromatic N) is 1. The van der Waals surface area contributed by atoms with Crippen LogP contribution >= 0.6 is 11.6 Å². The predicted molar refractivity (Wildman–Crippen MR) is 103 cm³/mol. The van der Waals surface area contributed by atoms with E-state index in [1.54, 1.807) is 0 Å². The highest BCUT2D eigenvalue weighted by molar-refractivity contribution is 6.30. The lowest BCUT2D eigenvalue weighted by atomic mass is 10.1. The Hall–Kier alpha value is -0.760. The molecule has 5 heteroatoms. The molecule has 0 bridgehead atoms. The Morgan fingerprint density at radius 3 is 2.56 bits per heavy atom. The Labute approximate surface area is 158 Å². The number of carbonyl (C=O) groups excluding carboxylic acids is 1. The van der Waals surface area contributed by atoms with Gasteiger partial charge in [0, 0.05) is 39.1 Å². The first-order valence-corrected chi connectivity index (χ1v) is 10.2. The first-order chi connectivity index (χ1) is 12.2. The quantitative estimate of drug-likeness (QED) is 0.308. The number of ether oxygens (including phenoxy) is 2. The van der Waals surface area contributed by atoms with Gasteiger partial charge in [-0.1, -0.05) is 26.2 Å². The zero-order valence-electron chi connectivity index (χ0n) is 15.9. The number of rotatable bonds is 11. The molecular formula is C20H34ClNO3. The van der Waals surface area contributed by atoms with Gasteiger partial charge in [0.05, 0.1) is 0 Å². The van der Waals surface area contributed by atoms with Crippen LogP contribution in [0, 0.1) is 11.8 Å². The average molecular weight is 372 g/mol. The fourth-order valence-electron chi connectivity index (χ4n) is 2.82. The van der Waals surface area contributed by atoms with Gasteiger partial charge < -0.3 is 14.4 Å². The van der Waals surface area contributed by atoms with Gasteiger partial charge in [-0.25, -0.2) is 0 Å². The molecule has 0 aromatic carbocycles. The van der Waals surface area contributed by atoms with E-state index in [-0.39, 0.29) is 12.2 Å². The van der Waals surface area contributed by atoms with Crippen LogP contribution in [0.5, 0.6) is 0 Å². The minimum atomic E-state index is -0.431. The zero-order valence-corrected chi connectivity index (χ0v) is 16.7. The van der Waals surface area contributed by atoms with Gasteiger partial charge in [-0.05, 0) is 32.6 Å². The van der Waals surface area contributed by atoms with Gasteiger partial charge in [-0.15, -0.1) is 23.4 Å². The molecule has 0 spiro atoms. The van der Waals surface area contributed by atoms with Crippen molar-refractivity contribution in [3.8, 4) is 11.8 Å². The average Bonchev–Trinajstić information content (AvgIpc) is 2.89. The zero-order chi connectivity index (χ0) is 18.3. The van der Waals surface area contributed by atoms with Crippen molar-refractivity contribution in [3.05, 3.63) is 0 Å². The third-order valence-corrected chi connectivity index (χ3v) is 4.73. The fraction of sp³-hybridized carbons (Fsp3) is 0.850. The maximum atomic E-state index is 12.7. The van der Waals surface area contributed by atoms with Gasteiger partial charge in [0.2, 0.25) is 5.91 Å². The summed E-state index contributed by atoms with van der Waals surface area (Å²) in [5, 5.41) is -0.431. The molecule has 1 aliphatic rings. The van der Waals surface area contributed by atoms with Crippen molar-refractivity contribution in [3.63, 3.8) is 0 Å². The summed E-state index contributed by atoms with van der Waals surface area (Å²) in [5.74, 6) is 5.99. The SMILES string of the molecule is CC#CCCCN(CCC1OCCCCO1)C(=O)C(Cl)CCCCC. The molecule has 4 nitrogen and oxygen atoms in total. The first-order valence-electron chi connectivity index (χ1n) is 9.74. The van der Waals surface area contributed by atoms with E-state index in [1.165, 1.54) is 0 Å². The van der Waals surface area contributed by atoms with Crippen LogP contribution in [0.1, 0.15) is 71.6 Å². The molecule has 0 aromatic rings. The Balaban J connectivity index is 2.50. The van der Waals surface area contributed by atoms with Crippen LogP contribution < -0.4 is 0 Å². The van der Waals surface area contributed by atoms with E-state index in [4.69, 9.17) is 21.1 Å². The number of halogens is 1. The second-order valence-electron chi connectivity index (χ2n) is 6.49. The molecule has 1 saturated heterocycles. The highest BCUT2D eigenvalue weighted by atomic mass is 35.5. The van der Waals surface area contributed by atoms with Gasteiger partial charge in [0.25, 0.3) is 0 Å². The molecule has 0 N–H and O–H groups in total. The molecule has 25 heavy (non-hydrogen) atoms. The molecule has 1 rings (SSSR count). The van der Waals surface area contributed by atoms with Gasteiger partial charge in [-0.2, -0.15) is 0 Å². The monoisotopic (exact) mass is 371 g/mol. The van der Waals surface area contributed by atoms with Crippen molar-refractivity contribution >= 4 is 17.5 Å². The van der Waals surface area contributed by atoms with Crippen LogP contribution in [0.4, 0.5) is 0 Å². The molecular weight excluding hydrogens is 338 g/mol. The number of hydrogen-bond acceptors (Lipinski definition) is 3. The molecule has 0 radical (unpaired) electrons. The van der Waals surface area contributed by atoms with Crippen molar-refractivity contribution in [2.24, 2.45) is 0 Å². The van der Waals surface area contributed by atoms with Crippen molar-refractivity contribution < 1.29 is 14.3 Å². The predicted octanol–water partition coefficient (Wildman–Crippen LogP) is 4.35. The van der Waals surface area contributed by atoms with E-state index < -0.39 is 5.38 Å². The highest BCUT2D eigenvalue weighted by Gasteiger charge is 2.23. The number of amides is 1. The molecule has 144 valence electrons. The lowest BCUT2D eigenvalue weighted by Gasteiger charge is -2.26. The van der Waals surface area contributed by atoms with Gasteiger partial charge in [0.15, 0.2) is 6.29 Å². The van der Waals surface area contributed by atoms with Crippen LogP contribution in [-0.4, -0.2) is 48.8 Å². The van der Waals surface area contributed by atoms with Gasteiger partial charge in [0.1, 0.15) is 5.38 Å². The summed E-state index contributed by atoms with van der Waals surface area (Å²) < 4.78 is 11.4. The Bertz CT molecular complexity index is 411. The number of hydrogen-bond donors (Lipinski definition) is 0. The van der Waals surface area contributed by atoms with Gasteiger partial charge in [-0.3, -0.25) is 4.79 Å². The highest BCUT2D eigenvalue weighted by Crippen LogP contribution is 2.15. The van der Waals surface area contributed by atoms with Crippen molar-refractivity contribution in [1.82, 2.24) is 4.90 Å². The van der Waals surface area contributed by atoms with Crippen LogP contribution in [0.25, 0.3) is 0 Å². The van der Waals surface area contributed by atoms with Crippen LogP contribution in [0.3, 0.4) is 0 Å². The number of carbonyl (C=O) groups is 1. The van der Waals surface area contributed by atoms with E-state index in [2.05, 4.69) is 18.8 Å². The van der Waals surface area contributed by atoms with Crippen molar-refractivity contribution in [1.29, 1.82) is 0 Å². The summed E-state index contributed by atoms with van der Waals surface area (Å²) in [5.41, 5.74) is 0. The van der Waals surface area contributed by atoms with Gasteiger partial charge >= 0.3 is 0 Å². The maximum absolute atomic E-state index is 12.7. The fourth-order valence-corrected chi connectivity index (χ4v) is 3.11. The molecule has 1 fully saturated rings. The van der Waals surface area contributed by atoms with E-state index in [0.29, 0.717) is 19.5 Å². The minimum Gasteiger partial charge on any atom is -0.353 e. The summed E-state index contributed by atoms with van der Waals surface area (Å²) in [6.07, 6.45) is 8.24. The molecule has 0 saturated carbocycles. The minimum absolute atomic E-state index is 0.0378. The molecule has 1 aliphatic heterocycles. The van der Waals surface area contributed by atoms with E-state index >= 15 is 0 Å². The molecule has 0 aliphatic carbocycles. The third kappa shape index (κ3) is 10.1. The van der Waals surface area contributed by atoms with E-state index in [1.807, 2.05) is 11.8 Å². The standard InChI is InChI=1S/C20H34ClNO3/c1-3-5-7-9-14-22(20(23)18(21)12-8-6-4-2)15-13-19-24-16-10-11-17-25-19/h18-19H,4,6-17H2,1-2H3. The third-order valence-electron chi connectivity index (χ3n) is 4.33. The first kappa shape index (κ1) is 22.3. The van der Waals surface area contributed by atoms with Crippen molar-refractivity contribution in [2.45, 2.75) is 83.3 Å². The maximum Gasteiger partial charge on any atom is 0.240 e. The summed E-state index contributed by atoms with van der Waals surface area (Å²) in [6, 6.07) is 0. The summed E-state index contributed by atoms with van der Waals surface area (Å²) in [7, 11) is 0. The lowest BCUT2D eigenvalue weighted by Crippen LogP contribution is -2.39. The van der Waals surface area contributed by atoms with Crippen LogP contribution in [-0.2, 0) is 14.3 Å². The number of unbranched alkanes of at least 4 members (excludes halogenated alkanes) is 3. The Morgan fingerprint density at radius 1 is 1.20 bits per heavy atom. The normalized spacial score (nSPS) is 16.6. The van der Waals surface area contributed by atoms with E-state index in [0.717, 1.165) is 64.6 Å². The van der Waals surface area contributed by atoms with Crippen LogP contribution in [0.15, 0.2) is 0 Å². The number of alkyl halides is 1. The Kier molecular flexibility index (Phi) is 12.8. The molecule has 0 aromatic heterocycles. The Morgan fingerprint density at radius 2 is 1.92 bits per heavy atom. The smallest absolute Gasteiger partial charge is 0.240 e. The second kappa shape index (κ2) is 14.4. The van der Waals surface area contributed by atoms with Crippen molar-refractivity contribution in [2.75, 3.05) is 26.3 Å². The molecule has 1 unspecified atom stereocenters. The summed E-state index contributed by atoms with van der Waals surface area (Å²) in [6.45, 7) is 6.78. The molecule has 1 amide bonds. The molecule has 1 atom stereocenters. The second-order valence-corrected chi connectivity index (χ2v) is 7.01. The summed E-state index contributed by atoms with van der Waals surface area (Å²) in [4.78, 5) is 14.6. The lowest BCUT2D eigenvalue weighted by molar-refractivity contribution is -0.140. The molecule has 1 heterocycles.